The average molecular weight is 495 g/mol. The van der Waals surface area contributed by atoms with E-state index in [-0.39, 0.29) is 0 Å². The molecule has 0 aliphatic heterocycles. The molecule has 0 N–H and O–H groups in total. The van der Waals surface area contributed by atoms with Gasteiger partial charge in [0, 0.05) is 16.5 Å². The van der Waals surface area contributed by atoms with Crippen molar-refractivity contribution in [1.29, 1.82) is 0 Å². The molecule has 0 saturated carbocycles. The fraction of sp³-hybridized carbons (Fsp3) is 0.0270. The molecule has 0 fully saturated rings. The van der Waals surface area contributed by atoms with E-state index in [4.69, 9.17) is 0 Å². The first-order valence-corrected chi connectivity index (χ1v) is 13.6. The third-order valence-corrected chi connectivity index (χ3v) is 8.53. The maximum absolute atomic E-state index is 2.46. The van der Waals surface area contributed by atoms with E-state index >= 15 is 0 Å². The van der Waals surface area contributed by atoms with Gasteiger partial charge in [-0.3, -0.25) is 0 Å². The maximum Gasteiger partial charge on any atom is 0.139 e. The van der Waals surface area contributed by atoms with Crippen LogP contribution in [0.15, 0.2) is 146 Å². The van der Waals surface area contributed by atoms with Gasteiger partial charge in [0.15, 0.2) is 0 Å². The van der Waals surface area contributed by atoms with E-state index in [9.17, 15) is 0 Å². The van der Waals surface area contributed by atoms with E-state index in [1.54, 1.807) is 0 Å². The molecule has 182 valence electrons. The van der Waals surface area contributed by atoms with Crippen molar-refractivity contribution in [2.24, 2.45) is 0 Å². The topological polar surface area (TPSA) is 4.93 Å². The second kappa shape index (κ2) is 8.34. The van der Waals surface area contributed by atoms with Crippen LogP contribution in [-0.2, 0) is 5.41 Å². The minimum Gasteiger partial charge on any atom is -0.309 e. The first kappa shape index (κ1) is 22.2. The number of hydrogen-bond donors (Lipinski definition) is 0. The summed E-state index contributed by atoms with van der Waals surface area (Å²) < 4.78 is 2.40. The Bertz CT molecular complexity index is 1970. The number of fused-ring (bicyclic) bond motifs is 6. The zero-order valence-corrected chi connectivity index (χ0v) is 21.8. The Balaban J connectivity index is 1.52. The number of hydrogen-bond acceptors (Lipinski definition) is 0. The third-order valence-electron chi connectivity index (χ3n) is 8.53. The van der Waals surface area contributed by atoms with Gasteiger partial charge in [-0.2, -0.15) is 0 Å². The van der Waals surface area contributed by atoms with Gasteiger partial charge in [-0.05, 0) is 63.7 Å². The molecule has 0 saturated heterocycles. The van der Waals surface area contributed by atoms with E-state index in [2.05, 4.69) is 158 Å². The van der Waals surface area contributed by atoms with E-state index in [0.29, 0.717) is 0 Å². The minimum atomic E-state index is -0.395. The van der Waals surface area contributed by atoms with Gasteiger partial charge in [0.05, 0.1) is 16.4 Å². The Morgan fingerprint density at radius 1 is 0.462 bits per heavy atom. The van der Waals surface area contributed by atoms with Gasteiger partial charge in [-0.15, -0.1) is 0 Å². The second-order valence-corrected chi connectivity index (χ2v) is 10.6. The number of rotatable bonds is 3. The molecule has 1 aromatic heterocycles. The minimum absolute atomic E-state index is 0.395. The van der Waals surface area contributed by atoms with Crippen molar-refractivity contribution in [3.8, 4) is 16.8 Å². The van der Waals surface area contributed by atoms with Crippen LogP contribution in [0, 0.1) is 0 Å². The Kier molecular flexibility index (Phi) is 4.75. The van der Waals surface area contributed by atoms with Crippen LogP contribution in [0.3, 0.4) is 0 Å². The normalized spacial score (nSPS) is 13.4. The zero-order valence-electron chi connectivity index (χ0n) is 21.8. The molecule has 7 aromatic rings. The molecule has 39 heavy (non-hydrogen) atoms. The summed E-state index contributed by atoms with van der Waals surface area (Å²) in [5.41, 5.74) is 12.5. The monoisotopic (exact) mass is 495 g/mol. The molecule has 1 heterocycles. The molecule has 1 nitrogen and oxygen atoms in total. The van der Waals surface area contributed by atoms with Crippen molar-refractivity contribution in [3.63, 3.8) is 0 Å². The highest BCUT2D eigenvalue weighted by Gasteiger charge is 2.45. The highest BCUT2D eigenvalue weighted by molar-refractivity contribution is 6.34. The van der Waals surface area contributed by atoms with Crippen molar-refractivity contribution in [1.82, 2.24) is 4.57 Å². The summed E-state index contributed by atoms with van der Waals surface area (Å²) in [7, 11) is 2.18. The van der Waals surface area contributed by atoms with Gasteiger partial charge < -0.3 is 4.57 Å². The Morgan fingerprint density at radius 3 is 1.67 bits per heavy atom. The molecular formula is C37H26BN. The van der Waals surface area contributed by atoms with Crippen LogP contribution in [0.5, 0.6) is 0 Å². The largest absolute Gasteiger partial charge is 0.309 e. The number of aromatic nitrogens is 1. The highest BCUT2D eigenvalue weighted by Crippen LogP contribution is 2.56. The first-order chi connectivity index (χ1) is 19.3. The van der Waals surface area contributed by atoms with Crippen LogP contribution in [0.1, 0.15) is 22.3 Å². The highest BCUT2D eigenvalue weighted by atomic mass is 15.0. The lowest BCUT2D eigenvalue weighted by Gasteiger charge is -2.34. The number of nitrogens with zero attached hydrogens (tertiary/aromatic N) is 1. The summed E-state index contributed by atoms with van der Waals surface area (Å²) in [6.07, 6.45) is 0. The predicted molar refractivity (Wildman–Crippen MR) is 166 cm³/mol. The molecule has 1 aliphatic carbocycles. The van der Waals surface area contributed by atoms with Crippen molar-refractivity contribution in [2.45, 2.75) is 5.41 Å². The fourth-order valence-corrected chi connectivity index (χ4v) is 6.94. The van der Waals surface area contributed by atoms with Crippen LogP contribution in [0.25, 0.3) is 38.6 Å². The molecule has 0 bridgehead atoms. The third kappa shape index (κ3) is 3.03. The summed E-state index contributed by atoms with van der Waals surface area (Å²) in [4.78, 5) is 0. The predicted octanol–water partition coefficient (Wildman–Crippen LogP) is 7.41. The van der Waals surface area contributed by atoms with Gasteiger partial charge in [0.2, 0.25) is 0 Å². The smallest absolute Gasteiger partial charge is 0.139 e. The standard InChI is InChI=1S/C37H26BN/c38-27-20-22-36-32(24-27)31-23-26(19-21-35(31)39(36)28-13-5-2-6-14-28)37(25-11-3-1-4-12-25)33-17-9-7-15-29(33)30-16-8-10-18-34(30)37/h1-24H,38H2. The lowest BCUT2D eigenvalue weighted by Crippen LogP contribution is -2.28. The van der Waals surface area contributed by atoms with Gasteiger partial charge in [0.25, 0.3) is 0 Å². The van der Waals surface area contributed by atoms with Gasteiger partial charge in [-0.25, -0.2) is 0 Å². The van der Waals surface area contributed by atoms with E-state index < -0.39 is 5.41 Å². The van der Waals surface area contributed by atoms with Crippen molar-refractivity contribution >= 4 is 35.1 Å². The molecule has 0 spiro atoms. The fourth-order valence-electron chi connectivity index (χ4n) is 6.94. The van der Waals surface area contributed by atoms with Gasteiger partial charge in [0.1, 0.15) is 7.85 Å². The number of benzene rings is 6. The molecule has 0 unspecified atom stereocenters. The van der Waals surface area contributed by atoms with E-state index in [1.807, 2.05) is 0 Å². The summed E-state index contributed by atoms with van der Waals surface area (Å²) in [5, 5.41) is 2.57. The molecule has 0 atom stereocenters. The lowest BCUT2D eigenvalue weighted by atomic mass is 9.67. The van der Waals surface area contributed by atoms with E-state index in [0.717, 1.165) is 0 Å². The Hall–Kier alpha value is -4.82. The maximum atomic E-state index is 2.46. The molecule has 1 aliphatic rings. The van der Waals surface area contributed by atoms with Gasteiger partial charge in [-0.1, -0.05) is 121 Å². The first-order valence-electron chi connectivity index (χ1n) is 13.6. The molecule has 0 amide bonds. The van der Waals surface area contributed by atoms with Crippen LogP contribution in [0.2, 0.25) is 0 Å². The second-order valence-electron chi connectivity index (χ2n) is 10.6. The average Bonchev–Trinajstić information content (AvgIpc) is 3.48. The molecule has 8 rings (SSSR count). The summed E-state index contributed by atoms with van der Waals surface area (Å²) in [5.74, 6) is 0. The molecular weight excluding hydrogens is 469 g/mol. The summed E-state index contributed by atoms with van der Waals surface area (Å²) in [6, 6.07) is 53.6. The molecule has 0 radical (unpaired) electrons. The Morgan fingerprint density at radius 2 is 1.00 bits per heavy atom. The van der Waals surface area contributed by atoms with Crippen LogP contribution < -0.4 is 5.46 Å². The van der Waals surface area contributed by atoms with Crippen molar-refractivity contribution < 1.29 is 0 Å². The SMILES string of the molecule is Bc1ccc2c(c1)c1cc(C3(c4ccccc4)c4ccccc4-c4ccccc43)ccc1n2-c1ccccc1. The lowest BCUT2D eigenvalue weighted by molar-refractivity contribution is 0.770. The summed E-state index contributed by atoms with van der Waals surface area (Å²) >= 11 is 0. The molecule has 6 aromatic carbocycles. The van der Waals surface area contributed by atoms with E-state index in [1.165, 1.54) is 66.3 Å². The van der Waals surface area contributed by atoms with Crippen LogP contribution in [0.4, 0.5) is 0 Å². The van der Waals surface area contributed by atoms with Crippen LogP contribution >= 0.6 is 0 Å². The van der Waals surface area contributed by atoms with Crippen molar-refractivity contribution in [2.75, 3.05) is 0 Å². The zero-order chi connectivity index (χ0) is 26.0. The Labute approximate surface area is 229 Å². The van der Waals surface area contributed by atoms with Gasteiger partial charge >= 0.3 is 0 Å². The quantitative estimate of drug-likeness (QED) is 0.225. The summed E-state index contributed by atoms with van der Waals surface area (Å²) in [6.45, 7) is 0. The molecule has 2 heteroatoms. The van der Waals surface area contributed by atoms with Crippen molar-refractivity contribution in [3.05, 3.63) is 168 Å². The van der Waals surface area contributed by atoms with Crippen LogP contribution in [-0.4, -0.2) is 12.4 Å². The number of para-hydroxylation sites is 1.